The highest BCUT2D eigenvalue weighted by Gasteiger charge is 2.10. The molecule has 2 aromatic rings. The summed E-state index contributed by atoms with van der Waals surface area (Å²) >= 11 is 0. The van der Waals surface area contributed by atoms with Crippen molar-refractivity contribution in [2.75, 3.05) is 13.2 Å². The molecule has 2 rings (SSSR count). The van der Waals surface area contributed by atoms with Crippen LogP contribution in [0.25, 0.3) is 0 Å². The Morgan fingerprint density at radius 2 is 1.42 bits per heavy atom. The highest BCUT2D eigenvalue weighted by molar-refractivity contribution is 5.31. The van der Waals surface area contributed by atoms with Crippen LogP contribution in [0.5, 0.6) is 17.2 Å². The van der Waals surface area contributed by atoms with Gasteiger partial charge >= 0.3 is 0 Å². The zero-order valence-corrected chi connectivity index (χ0v) is 10.5. The molecule has 0 aliphatic heterocycles. The Balaban J connectivity index is 1.99. The molecule has 0 radical (unpaired) electrons. The van der Waals surface area contributed by atoms with E-state index in [9.17, 15) is 10.2 Å². The van der Waals surface area contributed by atoms with Gasteiger partial charge in [-0.3, -0.25) is 0 Å². The highest BCUT2D eigenvalue weighted by Crippen LogP contribution is 2.21. The average molecular weight is 259 g/mol. The molecule has 1 unspecified atom stereocenters. The van der Waals surface area contributed by atoms with Crippen LogP contribution in [0.3, 0.4) is 0 Å². The predicted octanol–water partition coefficient (Wildman–Crippen LogP) is 2.22. The van der Waals surface area contributed by atoms with Crippen molar-refractivity contribution < 1.29 is 14.9 Å². The van der Waals surface area contributed by atoms with Crippen molar-refractivity contribution >= 4 is 0 Å². The van der Waals surface area contributed by atoms with Gasteiger partial charge in [0.15, 0.2) is 0 Å². The van der Waals surface area contributed by atoms with Gasteiger partial charge in [-0.1, -0.05) is 12.1 Å². The van der Waals surface area contributed by atoms with E-state index in [1.165, 1.54) is 0 Å². The van der Waals surface area contributed by atoms with Crippen molar-refractivity contribution in [3.63, 3.8) is 0 Å². The molecule has 0 aliphatic rings. The van der Waals surface area contributed by atoms with Crippen molar-refractivity contribution in [1.82, 2.24) is 0 Å². The molecule has 0 aromatic heterocycles. The number of aromatic hydroxyl groups is 2. The molecule has 0 spiro atoms. The lowest BCUT2D eigenvalue weighted by Gasteiger charge is -2.16. The van der Waals surface area contributed by atoms with Gasteiger partial charge < -0.3 is 20.7 Å². The van der Waals surface area contributed by atoms with E-state index in [0.717, 1.165) is 5.56 Å². The minimum absolute atomic E-state index is 0.0643. The first-order valence-electron chi connectivity index (χ1n) is 6.10. The van der Waals surface area contributed by atoms with Crippen molar-refractivity contribution in [2.24, 2.45) is 5.73 Å². The largest absolute Gasteiger partial charge is 0.508 e. The van der Waals surface area contributed by atoms with E-state index in [1.807, 2.05) is 12.1 Å². The molecule has 0 aliphatic carbocycles. The van der Waals surface area contributed by atoms with Crippen LogP contribution in [0, 0.1) is 0 Å². The zero-order valence-electron chi connectivity index (χ0n) is 10.5. The van der Waals surface area contributed by atoms with Gasteiger partial charge in [0.2, 0.25) is 0 Å². The van der Waals surface area contributed by atoms with E-state index < -0.39 is 0 Å². The lowest BCUT2D eigenvalue weighted by molar-refractivity contribution is 0.290. The van der Waals surface area contributed by atoms with Crippen LogP contribution in [0.15, 0.2) is 48.5 Å². The summed E-state index contributed by atoms with van der Waals surface area (Å²) in [5, 5.41) is 18.4. The molecule has 1 atom stereocenters. The van der Waals surface area contributed by atoms with Gasteiger partial charge in [-0.15, -0.1) is 0 Å². The van der Waals surface area contributed by atoms with E-state index in [1.54, 1.807) is 36.4 Å². The molecule has 4 heteroatoms. The fraction of sp³-hybridized carbons (Fsp3) is 0.200. The summed E-state index contributed by atoms with van der Waals surface area (Å²) in [7, 11) is 0. The fourth-order valence-corrected chi connectivity index (χ4v) is 1.79. The van der Waals surface area contributed by atoms with Crippen LogP contribution in [0.2, 0.25) is 0 Å². The number of hydrogen-bond donors (Lipinski definition) is 3. The maximum absolute atomic E-state index is 9.26. The number of ether oxygens (including phenoxy) is 1. The van der Waals surface area contributed by atoms with E-state index >= 15 is 0 Å². The van der Waals surface area contributed by atoms with Gasteiger partial charge in [0, 0.05) is 12.5 Å². The summed E-state index contributed by atoms with van der Waals surface area (Å²) in [5.74, 6) is 1.20. The third-order valence-corrected chi connectivity index (χ3v) is 2.94. The van der Waals surface area contributed by atoms with Crippen molar-refractivity contribution in [2.45, 2.75) is 5.92 Å². The molecular weight excluding hydrogens is 242 g/mol. The van der Waals surface area contributed by atoms with Crippen LogP contribution < -0.4 is 10.5 Å². The molecule has 0 amide bonds. The molecular formula is C15H17NO3. The second-order valence-corrected chi connectivity index (χ2v) is 4.33. The van der Waals surface area contributed by atoms with Gasteiger partial charge in [0.25, 0.3) is 0 Å². The standard InChI is InChI=1S/C15H17NO3/c16-9-12(11-1-3-13(17)4-2-11)10-19-15-7-5-14(18)6-8-15/h1-8,12,17-18H,9-10,16H2. The van der Waals surface area contributed by atoms with Gasteiger partial charge in [-0.2, -0.15) is 0 Å². The quantitative estimate of drug-likeness (QED) is 0.769. The minimum Gasteiger partial charge on any atom is -0.508 e. The summed E-state index contributed by atoms with van der Waals surface area (Å²) in [5.41, 5.74) is 6.78. The number of hydrogen-bond acceptors (Lipinski definition) is 4. The molecule has 2 aromatic carbocycles. The first-order valence-corrected chi connectivity index (χ1v) is 6.10. The summed E-state index contributed by atoms with van der Waals surface area (Å²) in [4.78, 5) is 0. The average Bonchev–Trinajstić information content (AvgIpc) is 2.43. The van der Waals surface area contributed by atoms with E-state index in [2.05, 4.69) is 0 Å². The van der Waals surface area contributed by atoms with E-state index in [-0.39, 0.29) is 17.4 Å². The molecule has 0 fully saturated rings. The number of benzene rings is 2. The Labute approximate surface area is 112 Å². The first kappa shape index (κ1) is 13.2. The Morgan fingerprint density at radius 3 is 1.95 bits per heavy atom. The molecule has 100 valence electrons. The van der Waals surface area contributed by atoms with Crippen molar-refractivity contribution in [1.29, 1.82) is 0 Å². The Bertz CT molecular complexity index is 508. The topological polar surface area (TPSA) is 75.7 Å². The summed E-state index contributed by atoms with van der Waals surface area (Å²) in [6.45, 7) is 0.912. The Morgan fingerprint density at radius 1 is 0.895 bits per heavy atom. The van der Waals surface area contributed by atoms with Crippen LogP contribution >= 0.6 is 0 Å². The summed E-state index contributed by atoms with van der Waals surface area (Å²) < 4.78 is 5.65. The van der Waals surface area contributed by atoms with Crippen molar-refractivity contribution in [3.8, 4) is 17.2 Å². The maximum Gasteiger partial charge on any atom is 0.119 e. The number of phenols is 2. The number of rotatable bonds is 5. The van der Waals surface area contributed by atoms with Gasteiger partial charge in [0.05, 0.1) is 6.61 Å². The summed E-state index contributed by atoms with van der Waals surface area (Å²) in [6.07, 6.45) is 0. The van der Waals surface area contributed by atoms with Gasteiger partial charge in [-0.25, -0.2) is 0 Å². The molecule has 0 saturated carbocycles. The smallest absolute Gasteiger partial charge is 0.119 e. The fourth-order valence-electron chi connectivity index (χ4n) is 1.79. The monoisotopic (exact) mass is 259 g/mol. The van der Waals surface area contributed by atoms with Crippen LogP contribution in [-0.2, 0) is 0 Å². The van der Waals surface area contributed by atoms with E-state index in [0.29, 0.717) is 18.9 Å². The third kappa shape index (κ3) is 3.63. The lowest BCUT2D eigenvalue weighted by Crippen LogP contribution is -2.19. The maximum atomic E-state index is 9.26. The Kier molecular flexibility index (Phi) is 4.26. The number of phenolic OH excluding ortho intramolecular Hbond substituents is 2. The van der Waals surface area contributed by atoms with Crippen molar-refractivity contribution in [3.05, 3.63) is 54.1 Å². The van der Waals surface area contributed by atoms with Crippen LogP contribution in [0.4, 0.5) is 0 Å². The Hall–Kier alpha value is -2.20. The predicted molar refractivity (Wildman–Crippen MR) is 73.5 cm³/mol. The highest BCUT2D eigenvalue weighted by atomic mass is 16.5. The molecule has 0 heterocycles. The van der Waals surface area contributed by atoms with Crippen LogP contribution in [-0.4, -0.2) is 23.4 Å². The second-order valence-electron chi connectivity index (χ2n) is 4.33. The van der Waals surface area contributed by atoms with E-state index in [4.69, 9.17) is 10.5 Å². The number of nitrogens with two attached hydrogens (primary N) is 1. The third-order valence-electron chi connectivity index (χ3n) is 2.94. The molecule has 19 heavy (non-hydrogen) atoms. The second kappa shape index (κ2) is 6.11. The molecule has 0 bridgehead atoms. The molecule has 4 N–H and O–H groups in total. The lowest BCUT2D eigenvalue weighted by atomic mass is 10.0. The zero-order chi connectivity index (χ0) is 13.7. The SMILES string of the molecule is NCC(COc1ccc(O)cc1)c1ccc(O)cc1. The van der Waals surface area contributed by atoms with Gasteiger partial charge in [-0.05, 0) is 42.0 Å². The minimum atomic E-state index is 0.0643. The molecule has 4 nitrogen and oxygen atoms in total. The molecule has 0 saturated heterocycles. The van der Waals surface area contributed by atoms with Gasteiger partial charge in [0.1, 0.15) is 17.2 Å². The summed E-state index contributed by atoms with van der Waals surface area (Å²) in [6, 6.07) is 13.5. The first-order chi connectivity index (χ1) is 9.19. The normalized spacial score (nSPS) is 12.1. The van der Waals surface area contributed by atoms with Crippen LogP contribution in [0.1, 0.15) is 11.5 Å².